The Labute approximate surface area is 72.9 Å². The van der Waals surface area contributed by atoms with Gasteiger partial charge in [-0.3, -0.25) is 0 Å². The van der Waals surface area contributed by atoms with E-state index in [9.17, 15) is 0 Å². The maximum absolute atomic E-state index is 8.54. The first kappa shape index (κ1) is 7.07. The zero-order valence-corrected chi connectivity index (χ0v) is 6.84. The van der Waals surface area contributed by atoms with Crippen molar-refractivity contribution in [3.8, 4) is 16.8 Å². The lowest BCUT2D eigenvalue weighted by Crippen LogP contribution is -1.65. The van der Waals surface area contributed by atoms with Gasteiger partial charge in [-0.25, -0.2) is 4.98 Å². The molecule has 0 radical (unpaired) electrons. The van der Waals surface area contributed by atoms with E-state index in [4.69, 9.17) is 9.68 Å². The Kier molecular flexibility index (Phi) is 1.65. The van der Waals surface area contributed by atoms with Gasteiger partial charge in [-0.1, -0.05) is 11.3 Å². The fourth-order valence-corrected chi connectivity index (χ4v) is 1.52. The third-order valence-electron chi connectivity index (χ3n) is 1.35. The zero-order chi connectivity index (χ0) is 8.39. The largest absolute Gasteiger partial charge is 0.462 e. The fourth-order valence-electron chi connectivity index (χ4n) is 0.840. The van der Waals surface area contributed by atoms with Crippen LogP contribution < -0.4 is 0 Å². The maximum Gasteiger partial charge on any atom is 0.162 e. The third-order valence-corrected chi connectivity index (χ3v) is 2.26. The SMILES string of the molecule is N#Cc1cnc(-c2ccco2)s1. The van der Waals surface area contributed by atoms with Crippen molar-refractivity contribution in [3.63, 3.8) is 0 Å². The van der Waals surface area contributed by atoms with Crippen LogP contribution in [0.3, 0.4) is 0 Å². The van der Waals surface area contributed by atoms with Crippen molar-refractivity contribution >= 4 is 11.3 Å². The molecule has 0 aromatic carbocycles. The lowest BCUT2D eigenvalue weighted by atomic mass is 10.5. The highest BCUT2D eigenvalue weighted by Gasteiger charge is 2.05. The average Bonchev–Trinajstić information content (AvgIpc) is 2.75. The van der Waals surface area contributed by atoms with Crippen LogP contribution in [0.1, 0.15) is 4.88 Å². The van der Waals surface area contributed by atoms with E-state index in [0.29, 0.717) is 10.6 Å². The van der Waals surface area contributed by atoms with Crippen LogP contribution in [0.15, 0.2) is 29.0 Å². The van der Waals surface area contributed by atoms with Crippen molar-refractivity contribution < 1.29 is 4.42 Å². The topological polar surface area (TPSA) is 49.8 Å². The molecule has 12 heavy (non-hydrogen) atoms. The molecule has 0 aliphatic rings. The van der Waals surface area contributed by atoms with E-state index in [1.807, 2.05) is 12.1 Å². The molecule has 0 N–H and O–H groups in total. The van der Waals surface area contributed by atoms with Crippen molar-refractivity contribution in [3.05, 3.63) is 29.5 Å². The average molecular weight is 176 g/mol. The number of nitrogens with zero attached hydrogens (tertiary/aromatic N) is 2. The van der Waals surface area contributed by atoms with Crippen LogP contribution in [0, 0.1) is 11.3 Å². The molecule has 0 saturated heterocycles. The third kappa shape index (κ3) is 1.11. The Morgan fingerprint density at radius 2 is 2.50 bits per heavy atom. The minimum atomic E-state index is 0.599. The Balaban J connectivity index is 2.44. The molecule has 0 aliphatic heterocycles. The van der Waals surface area contributed by atoms with E-state index < -0.39 is 0 Å². The Hall–Kier alpha value is -1.60. The molecule has 2 heterocycles. The predicted octanol–water partition coefficient (Wildman–Crippen LogP) is 2.27. The van der Waals surface area contributed by atoms with Gasteiger partial charge in [0.15, 0.2) is 10.8 Å². The standard InChI is InChI=1S/C8H4N2OS/c9-4-6-5-10-8(12-6)7-2-1-3-11-7/h1-3,5H. The van der Waals surface area contributed by atoms with Crippen LogP contribution >= 0.6 is 11.3 Å². The highest BCUT2D eigenvalue weighted by molar-refractivity contribution is 7.15. The summed E-state index contributed by atoms with van der Waals surface area (Å²) >= 11 is 1.32. The summed E-state index contributed by atoms with van der Waals surface area (Å²) in [6.45, 7) is 0. The van der Waals surface area contributed by atoms with E-state index in [2.05, 4.69) is 4.98 Å². The Morgan fingerprint density at radius 1 is 1.58 bits per heavy atom. The van der Waals surface area contributed by atoms with Crippen molar-refractivity contribution in [2.24, 2.45) is 0 Å². The number of aromatic nitrogens is 1. The molecular formula is C8H4N2OS. The van der Waals surface area contributed by atoms with Gasteiger partial charge >= 0.3 is 0 Å². The molecule has 2 rings (SSSR count). The molecule has 2 aromatic heterocycles. The second-order valence-electron chi connectivity index (χ2n) is 2.12. The zero-order valence-electron chi connectivity index (χ0n) is 6.02. The van der Waals surface area contributed by atoms with Crippen LogP contribution in [-0.2, 0) is 0 Å². The van der Waals surface area contributed by atoms with Gasteiger partial charge in [0.25, 0.3) is 0 Å². The first-order valence-electron chi connectivity index (χ1n) is 3.30. The summed E-state index contributed by atoms with van der Waals surface area (Å²) < 4.78 is 5.12. The highest BCUT2D eigenvalue weighted by Crippen LogP contribution is 2.24. The summed E-state index contributed by atoms with van der Waals surface area (Å²) in [7, 11) is 0. The molecule has 2 aromatic rings. The summed E-state index contributed by atoms with van der Waals surface area (Å²) in [5.74, 6) is 0.710. The summed E-state index contributed by atoms with van der Waals surface area (Å²) in [5, 5.41) is 9.29. The van der Waals surface area contributed by atoms with Crippen LogP contribution in [0.25, 0.3) is 10.8 Å². The Bertz CT molecular complexity index is 410. The predicted molar refractivity (Wildman–Crippen MR) is 44.5 cm³/mol. The number of furan rings is 1. The lowest BCUT2D eigenvalue weighted by molar-refractivity contribution is 0.582. The number of thiazole rings is 1. The number of nitriles is 1. The van der Waals surface area contributed by atoms with Crippen LogP contribution in [-0.4, -0.2) is 4.98 Å². The van der Waals surface area contributed by atoms with Gasteiger partial charge in [0, 0.05) is 0 Å². The summed E-state index contributed by atoms with van der Waals surface area (Å²) in [4.78, 5) is 4.63. The molecule has 0 atom stereocenters. The van der Waals surface area contributed by atoms with Gasteiger partial charge in [0.1, 0.15) is 10.9 Å². The maximum atomic E-state index is 8.54. The van der Waals surface area contributed by atoms with Gasteiger partial charge in [0.05, 0.1) is 12.5 Å². The molecule has 0 spiro atoms. The van der Waals surface area contributed by atoms with Crippen LogP contribution in [0.4, 0.5) is 0 Å². The summed E-state index contributed by atoms with van der Waals surface area (Å²) in [6, 6.07) is 5.64. The van der Waals surface area contributed by atoms with Gasteiger partial charge in [-0.2, -0.15) is 5.26 Å². The molecule has 3 nitrogen and oxygen atoms in total. The number of hydrogen-bond donors (Lipinski definition) is 0. The molecule has 0 saturated carbocycles. The first-order chi connectivity index (χ1) is 5.90. The van der Waals surface area contributed by atoms with Gasteiger partial charge in [-0.05, 0) is 12.1 Å². The fraction of sp³-hybridized carbons (Fsp3) is 0. The van der Waals surface area contributed by atoms with Gasteiger partial charge in [0.2, 0.25) is 0 Å². The molecule has 0 fully saturated rings. The quantitative estimate of drug-likeness (QED) is 0.669. The van der Waals surface area contributed by atoms with E-state index in [0.717, 1.165) is 5.01 Å². The van der Waals surface area contributed by atoms with Crippen LogP contribution in [0.5, 0.6) is 0 Å². The summed E-state index contributed by atoms with van der Waals surface area (Å²) in [5.41, 5.74) is 0. The van der Waals surface area contributed by atoms with Crippen molar-refractivity contribution in [1.82, 2.24) is 4.98 Å². The Morgan fingerprint density at radius 3 is 3.08 bits per heavy atom. The second kappa shape index (κ2) is 2.80. The molecular weight excluding hydrogens is 172 g/mol. The number of rotatable bonds is 1. The van der Waals surface area contributed by atoms with E-state index in [1.54, 1.807) is 18.5 Å². The second-order valence-corrected chi connectivity index (χ2v) is 3.15. The van der Waals surface area contributed by atoms with E-state index in [1.165, 1.54) is 11.3 Å². The van der Waals surface area contributed by atoms with E-state index in [-0.39, 0.29) is 0 Å². The molecule has 4 heteroatoms. The first-order valence-corrected chi connectivity index (χ1v) is 4.11. The molecule has 0 unspecified atom stereocenters. The molecule has 0 bridgehead atoms. The summed E-state index contributed by atoms with van der Waals surface area (Å²) in [6.07, 6.45) is 3.13. The van der Waals surface area contributed by atoms with Crippen LogP contribution in [0.2, 0.25) is 0 Å². The number of hydrogen-bond acceptors (Lipinski definition) is 4. The normalized spacial score (nSPS) is 9.58. The van der Waals surface area contributed by atoms with Crippen molar-refractivity contribution in [2.45, 2.75) is 0 Å². The minimum Gasteiger partial charge on any atom is -0.462 e. The lowest BCUT2D eigenvalue weighted by Gasteiger charge is -1.83. The van der Waals surface area contributed by atoms with Crippen molar-refractivity contribution in [2.75, 3.05) is 0 Å². The smallest absolute Gasteiger partial charge is 0.162 e. The molecule has 58 valence electrons. The van der Waals surface area contributed by atoms with E-state index >= 15 is 0 Å². The minimum absolute atomic E-state index is 0.599. The monoisotopic (exact) mass is 176 g/mol. The highest BCUT2D eigenvalue weighted by atomic mass is 32.1. The van der Waals surface area contributed by atoms with Gasteiger partial charge in [-0.15, -0.1) is 0 Å². The van der Waals surface area contributed by atoms with Gasteiger partial charge < -0.3 is 4.42 Å². The molecule has 0 amide bonds. The molecule has 0 aliphatic carbocycles. The van der Waals surface area contributed by atoms with Crippen molar-refractivity contribution in [1.29, 1.82) is 5.26 Å².